The minimum absolute atomic E-state index is 0.398. The summed E-state index contributed by atoms with van der Waals surface area (Å²) in [4.78, 5) is 7.99. The molecule has 0 aliphatic rings. The number of hydrogen-bond acceptors (Lipinski definition) is 3. The van der Waals surface area contributed by atoms with Crippen LogP contribution < -0.4 is 5.32 Å². The summed E-state index contributed by atoms with van der Waals surface area (Å²) in [7, 11) is 0. The Morgan fingerprint density at radius 3 is 2.71 bits per heavy atom. The first kappa shape index (κ1) is 12.8. The molecule has 0 unspecified atom stereocenters. The van der Waals surface area contributed by atoms with Crippen LogP contribution in [0.2, 0.25) is 5.15 Å². The third kappa shape index (κ3) is 3.18. The number of nitrogens with zero attached hydrogens (tertiary/aromatic N) is 2. The fourth-order valence-electron chi connectivity index (χ4n) is 1.29. The second-order valence-corrected chi connectivity index (χ2v) is 5.28. The molecule has 1 N–H and O–H groups in total. The Hall–Kier alpha value is -0.650. The zero-order valence-corrected chi connectivity index (χ0v) is 12.6. The van der Waals surface area contributed by atoms with E-state index in [4.69, 9.17) is 11.6 Å². The number of halogens is 3. The Balaban J connectivity index is 2.13. The van der Waals surface area contributed by atoms with Crippen molar-refractivity contribution in [3.63, 3.8) is 0 Å². The summed E-state index contributed by atoms with van der Waals surface area (Å²) in [5.41, 5.74) is 1.15. The van der Waals surface area contributed by atoms with Gasteiger partial charge in [-0.3, -0.25) is 0 Å². The average molecular weight is 377 g/mol. The lowest BCUT2D eigenvalue weighted by Crippen LogP contribution is -2.03. The van der Waals surface area contributed by atoms with E-state index in [9.17, 15) is 0 Å². The van der Waals surface area contributed by atoms with E-state index in [1.54, 1.807) is 0 Å². The van der Waals surface area contributed by atoms with Gasteiger partial charge in [-0.1, -0.05) is 45.7 Å². The molecule has 0 spiro atoms. The maximum absolute atomic E-state index is 5.88. The summed E-state index contributed by atoms with van der Waals surface area (Å²) in [5.74, 6) is 0.681. The van der Waals surface area contributed by atoms with Gasteiger partial charge < -0.3 is 5.32 Å². The van der Waals surface area contributed by atoms with E-state index in [1.807, 2.05) is 24.3 Å². The topological polar surface area (TPSA) is 37.8 Å². The Bertz CT molecular complexity index is 534. The van der Waals surface area contributed by atoms with Crippen molar-refractivity contribution in [1.29, 1.82) is 0 Å². The highest BCUT2D eigenvalue weighted by atomic mass is 79.9. The molecular formula is C11H8Br2ClN3. The van der Waals surface area contributed by atoms with Crippen LogP contribution in [0.4, 0.5) is 5.82 Å². The van der Waals surface area contributed by atoms with Gasteiger partial charge in [0.1, 0.15) is 17.3 Å². The van der Waals surface area contributed by atoms with Crippen LogP contribution in [0.3, 0.4) is 0 Å². The normalized spacial score (nSPS) is 10.3. The molecule has 17 heavy (non-hydrogen) atoms. The third-order valence-corrected chi connectivity index (χ3v) is 4.19. The van der Waals surface area contributed by atoms with Crippen molar-refractivity contribution < 1.29 is 0 Å². The molecule has 0 aliphatic carbocycles. The van der Waals surface area contributed by atoms with E-state index in [2.05, 4.69) is 47.1 Å². The molecule has 0 amide bonds. The molecule has 88 valence electrons. The zero-order chi connectivity index (χ0) is 12.3. The predicted molar refractivity (Wildman–Crippen MR) is 76.2 cm³/mol. The molecule has 1 aromatic heterocycles. The number of benzene rings is 1. The molecule has 2 aromatic rings. The van der Waals surface area contributed by atoms with Crippen molar-refractivity contribution in [3.8, 4) is 0 Å². The molecular weight excluding hydrogens is 369 g/mol. The van der Waals surface area contributed by atoms with Crippen molar-refractivity contribution in [2.75, 3.05) is 5.32 Å². The second kappa shape index (κ2) is 5.80. The number of rotatable bonds is 3. The minimum atomic E-state index is 0.398. The van der Waals surface area contributed by atoms with Crippen LogP contribution >= 0.6 is 43.5 Å². The van der Waals surface area contributed by atoms with Gasteiger partial charge in [-0.2, -0.15) is 0 Å². The summed E-state index contributed by atoms with van der Waals surface area (Å²) in [6, 6.07) is 8.00. The van der Waals surface area contributed by atoms with Crippen LogP contribution in [0.15, 0.2) is 39.5 Å². The molecule has 1 heterocycles. The molecule has 6 heteroatoms. The highest BCUT2D eigenvalue weighted by Gasteiger charge is 2.06. The van der Waals surface area contributed by atoms with Crippen LogP contribution in [0, 0.1) is 0 Å². The number of anilines is 1. The fourth-order valence-corrected chi connectivity index (χ4v) is 2.20. The van der Waals surface area contributed by atoms with Crippen LogP contribution in [-0.4, -0.2) is 9.97 Å². The van der Waals surface area contributed by atoms with E-state index in [-0.39, 0.29) is 0 Å². The van der Waals surface area contributed by atoms with Gasteiger partial charge in [0.05, 0.1) is 4.47 Å². The van der Waals surface area contributed by atoms with E-state index < -0.39 is 0 Å². The largest absolute Gasteiger partial charge is 0.365 e. The minimum Gasteiger partial charge on any atom is -0.365 e. The number of hydrogen-bond donors (Lipinski definition) is 1. The number of aromatic nitrogens is 2. The summed E-state index contributed by atoms with van der Waals surface area (Å²) < 4.78 is 1.73. The molecule has 0 fully saturated rings. The van der Waals surface area contributed by atoms with Crippen LogP contribution in [0.5, 0.6) is 0 Å². The highest BCUT2D eigenvalue weighted by molar-refractivity contribution is 9.11. The van der Waals surface area contributed by atoms with Crippen molar-refractivity contribution in [2.24, 2.45) is 0 Å². The van der Waals surface area contributed by atoms with Crippen molar-refractivity contribution in [1.82, 2.24) is 9.97 Å². The summed E-state index contributed by atoms with van der Waals surface area (Å²) in [6.45, 7) is 0.660. The quantitative estimate of drug-likeness (QED) is 0.812. The molecule has 2 rings (SSSR count). The maximum atomic E-state index is 5.88. The van der Waals surface area contributed by atoms with Crippen molar-refractivity contribution >= 4 is 49.3 Å². The SMILES string of the molecule is Clc1ncnc(NCc2ccccc2Br)c1Br. The smallest absolute Gasteiger partial charge is 0.148 e. The molecule has 0 aliphatic heterocycles. The molecule has 0 atom stereocenters. The summed E-state index contributed by atoms with van der Waals surface area (Å²) in [5, 5.41) is 3.60. The van der Waals surface area contributed by atoms with E-state index in [0.717, 1.165) is 10.0 Å². The van der Waals surface area contributed by atoms with Gasteiger partial charge in [0.15, 0.2) is 0 Å². The van der Waals surface area contributed by atoms with Crippen molar-refractivity contribution in [3.05, 3.63) is 50.3 Å². The summed E-state index contributed by atoms with van der Waals surface area (Å²) >= 11 is 12.7. The molecule has 3 nitrogen and oxygen atoms in total. The van der Waals surface area contributed by atoms with E-state index >= 15 is 0 Å². The first-order valence-electron chi connectivity index (χ1n) is 4.82. The van der Waals surface area contributed by atoms with E-state index in [0.29, 0.717) is 22.0 Å². The van der Waals surface area contributed by atoms with E-state index in [1.165, 1.54) is 6.33 Å². The van der Waals surface area contributed by atoms with Crippen molar-refractivity contribution in [2.45, 2.75) is 6.54 Å². The number of nitrogens with one attached hydrogen (secondary N) is 1. The fraction of sp³-hybridized carbons (Fsp3) is 0.0909. The van der Waals surface area contributed by atoms with Gasteiger partial charge in [-0.25, -0.2) is 9.97 Å². The molecule has 0 radical (unpaired) electrons. The van der Waals surface area contributed by atoms with Gasteiger partial charge in [-0.05, 0) is 27.6 Å². The molecule has 0 saturated carbocycles. The highest BCUT2D eigenvalue weighted by Crippen LogP contribution is 2.27. The molecule has 0 bridgehead atoms. The van der Waals surface area contributed by atoms with Gasteiger partial charge >= 0.3 is 0 Å². The maximum Gasteiger partial charge on any atom is 0.148 e. The lowest BCUT2D eigenvalue weighted by molar-refractivity contribution is 1.07. The Labute approximate surface area is 121 Å². The first-order chi connectivity index (χ1) is 8.18. The van der Waals surface area contributed by atoms with Gasteiger partial charge in [0, 0.05) is 11.0 Å². The Kier molecular flexibility index (Phi) is 4.36. The average Bonchev–Trinajstić information content (AvgIpc) is 2.33. The zero-order valence-electron chi connectivity index (χ0n) is 8.62. The second-order valence-electron chi connectivity index (χ2n) is 3.27. The van der Waals surface area contributed by atoms with Crippen LogP contribution in [0.1, 0.15) is 5.56 Å². The summed E-state index contributed by atoms with van der Waals surface area (Å²) in [6.07, 6.45) is 1.43. The molecule has 0 saturated heterocycles. The first-order valence-corrected chi connectivity index (χ1v) is 6.78. The third-order valence-electron chi connectivity index (χ3n) is 2.15. The Morgan fingerprint density at radius 2 is 1.94 bits per heavy atom. The molecule has 1 aromatic carbocycles. The predicted octanol–water partition coefficient (Wildman–Crippen LogP) is 4.27. The van der Waals surface area contributed by atoms with Crippen LogP contribution in [0.25, 0.3) is 0 Å². The van der Waals surface area contributed by atoms with Gasteiger partial charge in [0.2, 0.25) is 0 Å². The van der Waals surface area contributed by atoms with Gasteiger partial charge in [-0.15, -0.1) is 0 Å². The standard InChI is InChI=1S/C11H8Br2ClN3/c12-8-4-2-1-3-7(8)5-15-11-9(13)10(14)16-6-17-11/h1-4,6H,5H2,(H,15,16,17). The Morgan fingerprint density at radius 1 is 1.18 bits per heavy atom. The van der Waals surface area contributed by atoms with Gasteiger partial charge in [0.25, 0.3) is 0 Å². The lowest BCUT2D eigenvalue weighted by Gasteiger charge is -2.09. The monoisotopic (exact) mass is 375 g/mol. The lowest BCUT2D eigenvalue weighted by atomic mass is 10.2. The van der Waals surface area contributed by atoms with Crippen LogP contribution in [-0.2, 0) is 6.54 Å².